The number of hydrogen-bond donors (Lipinski definition) is 1. The lowest BCUT2D eigenvalue weighted by atomic mass is 9.99. The van der Waals surface area contributed by atoms with Crippen molar-refractivity contribution >= 4 is 17.4 Å². The first-order valence-electron chi connectivity index (χ1n) is 10.7. The summed E-state index contributed by atoms with van der Waals surface area (Å²) in [5.41, 5.74) is 0.395. The third kappa shape index (κ3) is 4.32. The quantitative estimate of drug-likeness (QED) is 0.218. The van der Waals surface area contributed by atoms with Crippen molar-refractivity contribution in [2.45, 2.75) is 38.8 Å². The molecule has 1 fully saturated rings. The summed E-state index contributed by atoms with van der Waals surface area (Å²) in [5, 5.41) is 11.0. The number of carbonyl (C=O) groups is 2. The number of ether oxygens (including phenoxy) is 1. The van der Waals surface area contributed by atoms with Crippen LogP contribution in [-0.4, -0.2) is 28.3 Å². The first-order valence-corrected chi connectivity index (χ1v) is 10.7. The molecule has 1 aromatic carbocycles. The van der Waals surface area contributed by atoms with Crippen molar-refractivity contribution in [3.63, 3.8) is 0 Å². The van der Waals surface area contributed by atoms with Gasteiger partial charge in [-0.15, -0.1) is 0 Å². The molecule has 1 saturated heterocycles. The van der Waals surface area contributed by atoms with Crippen LogP contribution in [0.4, 0.5) is 0 Å². The topological polar surface area (TPSA) is 93.1 Å². The number of hydrogen-bond acceptors (Lipinski definition) is 6. The van der Waals surface area contributed by atoms with E-state index in [-0.39, 0.29) is 17.9 Å². The van der Waals surface area contributed by atoms with Gasteiger partial charge in [0.1, 0.15) is 29.1 Å². The summed E-state index contributed by atoms with van der Waals surface area (Å²) in [6.07, 6.45) is 6.15. The van der Waals surface area contributed by atoms with Crippen molar-refractivity contribution in [3.05, 3.63) is 83.7 Å². The number of aliphatic hydroxyl groups is 1. The van der Waals surface area contributed by atoms with Gasteiger partial charge in [-0.3, -0.25) is 9.59 Å². The lowest BCUT2D eigenvalue weighted by Crippen LogP contribution is -2.28. The van der Waals surface area contributed by atoms with Gasteiger partial charge in [-0.1, -0.05) is 19.8 Å². The molecule has 4 rings (SSSR count). The first-order chi connectivity index (χ1) is 15.6. The Labute approximate surface area is 185 Å². The van der Waals surface area contributed by atoms with E-state index in [9.17, 15) is 14.7 Å². The van der Waals surface area contributed by atoms with E-state index in [0.717, 1.165) is 19.3 Å². The van der Waals surface area contributed by atoms with Gasteiger partial charge in [0, 0.05) is 5.56 Å². The van der Waals surface area contributed by atoms with Gasteiger partial charge in [0.25, 0.3) is 11.7 Å². The van der Waals surface area contributed by atoms with Crippen LogP contribution in [0.2, 0.25) is 0 Å². The Morgan fingerprint density at radius 1 is 1.03 bits per heavy atom. The third-order valence-corrected chi connectivity index (χ3v) is 5.40. The number of likely N-dealkylation sites (tertiary alicyclic amines) is 1. The fraction of sp³-hybridized carbons (Fsp3) is 0.280. The van der Waals surface area contributed by atoms with Crippen molar-refractivity contribution in [2.75, 3.05) is 6.61 Å². The molecule has 3 aromatic rings. The first kappa shape index (κ1) is 21.5. The summed E-state index contributed by atoms with van der Waals surface area (Å²) >= 11 is 0. The minimum atomic E-state index is -0.861. The Bertz CT molecular complexity index is 1080. The monoisotopic (exact) mass is 435 g/mol. The zero-order chi connectivity index (χ0) is 22.5. The van der Waals surface area contributed by atoms with Crippen molar-refractivity contribution in [1.82, 2.24) is 4.90 Å². The summed E-state index contributed by atoms with van der Waals surface area (Å²) in [5.74, 6) is -0.167. The number of furan rings is 2. The molecule has 2 aromatic heterocycles. The Balaban J connectivity index is 1.65. The van der Waals surface area contributed by atoms with Crippen molar-refractivity contribution in [1.29, 1.82) is 0 Å². The largest absolute Gasteiger partial charge is 0.507 e. The molecule has 0 spiro atoms. The molecule has 0 radical (unpaired) electrons. The molecule has 1 aliphatic rings. The molecule has 1 amide bonds. The second kappa shape index (κ2) is 9.60. The Hall–Kier alpha value is -3.74. The molecule has 0 saturated carbocycles. The lowest BCUT2D eigenvalue weighted by molar-refractivity contribution is -0.140. The maximum Gasteiger partial charge on any atom is 0.296 e. The number of carbonyl (C=O) groups excluding carboxylic acids is 2. The molecular formula is C25H25NO6. The van der Waals surface area contributed by atoms with Crippen LogP contribution < -0.4 is 4.74 Å². The molecule has 0 bridgehead atoms. The highest BCUT2D eigenvalue weighted by Gasteiger charge is 2.47. The highest BCUT2D eigenvalue weighted by atomic mass is 16.5. The molecule has 1 N–H and O–H groups in total. The van der Waals surface area contributed by atoms with Crippen LogP contribution in [0.1, 0.15) is 49.3 Å². The molecule has 166 valence electrons. The summed E-state index contributed by atoms with van der Waals surface area (Å²) in [6.45, 7) is 2.83. The van der Waals surface area contributed by atoms with Crippen LogP contribution in [0.25, 0.3) is 5.76 Å². The van der Waals surface area contributed by atoms with E-state index >= 15 is 0 Å². The van der Waals surface area contributed by atoms with Gasteiger partial charge in [-0.25, -0.2) is 0 Å². The number of ketones is 1. The van der Waals surface area contributed by atoms with Gasteiger partial charge < -0.3 is 23.6 Å². The van der Waals surface area contributed by atoms with E-state index in [1.54, 1.807) is 48.5 Å². The normalized spacial score (nSPS) is 17.8. The number of aliphatic hydroxyl groups excluding tert-OH is 1. The van der Waals surface area contributed by atoms with E-state index in [2.05, 4.69) is 6.92 Å². The Morgan fingerprint density at radius 3 is 2.44 bits per heavy atom. The van der Waals surface area contributed by atoms with Gasteiger partial charge >= 0.3 is 0 Å². The van der Waals surface area contributed by atoms with E-state index in [0.29, 0.717) is 29.4 Å². The van der Waals surface area contributed by atoms with Crippen molar-refractivity contribution in [3.8, 4) is 5.75 Å². The number of benzene rings is 1. The summed E-state index contributed by atoms with van der Waals surface area (Å²) in [7, 11) is 0. The van der Waals surface area contributed by atoms with E-state index < -0.39 is 17.7 Å². The third-order valence-electron chi connectivity index (χ3n) is 5.40. The number of rotatable bonds is 9. The second-order valence-electron chi connectivity index (χ2n) is 7.60. The van der Waals surface area contributed by atoms with E-state index in [1.807, 2.05) is 0 Å². The van der Waals surface area contributed by atoms with Crippen LogP contribution in [0.15, 0.2) is 75.5 Å². The average Bonchev–Trinajstić information content (AvgIpc) is 3.56. The molecule has 1 aliphatic heterocycles. The van der Waals surface area contributed by atoms with Crippen LogP contribution in [-0.2, 0) is 16.1 Å². The van der Waals surface area contributed by atoms with Gasteiger partial charge in [-0.2, -0.15) is 0 Å². The maximum absolute atomic E-state index is 12.9. The zero-order valence-electron chi connectivity index (χ0n) is 17.8. The van der Waals surface area contributed by atoms with Gasteiger partial charge in [-0.05, 0) is 55.0 Å². The van der Waals surface area contributed by atoms with Gasteiger partial charge in [0.05, 0.1) is 31.3 Å². The zero-order valence-corrected chi connectivity index (χ0v) is 17.8. The van der Waals surface area contributed by atoms with Crippen LogP contribution >= 0.6 is 0 Å². The lowest BCUT2D eigenvalue weighted by Gasteiger charge is -2.22. The standard InChI is InChI=1S/C25H25NO6/c1-2-3-4-13-30-18-11-9-17(10-12-18)23(27)21-22(20-8-6-15-32-20)26(25(29)24(21)28)16-19-7-5-14-31-19/h5-12,14-15,22,27H,2-4,13,16H2,1H3/b23-21-. The molecule has 1 unspecified atom stereocenters. The predicted molar refractivity (Wildman–Crippen MR) is 117 cm³/mol. The molecule has 7 heteroatoms. The summed E-state index contributed by atoms with van der Waals surface area (Å²) in [4.78, 5) is 27.1. The SMILES string of the molecule is CCCCCOc1ccc(/C(O)=C2/C(=O)C(=O)N(Cc3ccco3)C2c2ccco2)cc1. The molecular weight excluding hydrogens is 410 g/mol. The predicted octanol–water partition coefficient (Wildman–Crippen LogP) is 5.06. The molecule has 32 heavy (non-hydrogen) atoms. The second-order valence-corrected chi connectivity index (χ2v) is 7.60. The van der Waals surface area contributed by atoms with Crippen molar-refractivity contribution in [2.24, 2.45) is 0 Å². The minimum absolute atomic E-state index is 0.0203. The number of unbranched alkanes of at least 4 members (excludes halogenated alkanes) is 2. The van der Waals surface area contributed by atoms with Crippen molar-refractivity contribution < 1.29 is 28.3 Å². The van der Waals surface area contributed by atoms with E-state index in [4.69, 9.17) is 13.6 Å². The summed E-state index contributed by atoms with van der Waals surface area (Å²) in [6, 6.07) is 12.7. The highest BCUT2D eigenvalue weighted by Crippen LogP contribution is 2.40. The fourth-order valence-corrected chi connectivity index (χ4v) is 3.76. The van der Waals surface area contributed by atoms with Crippen LogP contribution in [0.3, 0.4) is 0 Å². The molecule has 3 heterocycles. The Kier molecular flexibility index (Phi) is 6.44. The molecule has 1 atom stereocenters. The number of Topliss-reactive ketones (excluding diaryl/α,β-unsaturated/α-hetero) is 1. The highest BCUT2D eigenvalue weighted by molar-refractivity contribution is 6.46. The number of nitrogens with zero attached hydrogens (tertiary/aromatic N) is 1. The van der Waals surface area contributed by atoms with Crippen LogP contribution in [0.5, 0.6) is 5.75 Å². The average molecular weight is 435 g/mol. The smallest absolute Gasteiger partial charge is 0.296 e. The van der Waals surface area contributed by atoms with E-state index in [1.165, 1.54) is 17.4 Å². The minimum Gasteiger partial charge on any atom is -0.507 e. The van der Waals surface area contributed by atoms with Gasteiger partial charge in [0.2, 0.25) is 0 Å². The fourth-order valence-electron chi connectivity index (χ4n) is 3.76. The maximum atomic E-state index is 12.9. The molecule has 7 nitrogen and oxygen atoms in total. The van der Waals surface area contributed by atoms with Gasteiger partial charge in [0.15, 0.2) is 0 Å². The summed E-state index contributed by atoms with van der Waals surface area (Å²) < 4.78 is 16.6. The number of amides is 1. The molecule has 0 aliphatic carbocycles. The van der Waals surface area contributed by atoms with Crippen LogP contribution in [0, 0.1) is 0 Å². The Morgan fingerprint density at radius 2 is 1.78 bits per heavy atom.